The van der Waals surface area contributed by atoms with Gasteiger partial charge < -0.3 is 4.90 Å². The molecule has 0 aliphatic heterocycles. The van der Waals surface area contributed by atoms with E-state index in [1.165, 1.54) is 99.5 Å². The molecule has 5 aliphatic carbocycles. The standard InChI is InChI=1S/C58H47N/c1-3-11-39(12-4-1)41-20-26-46(27-21-41)59(47-28-22-42(23-29-47)40-13-5-2-6-14-40)55-32-30-48(49-15-7-8-17-51(49)55)43-24-31-54-52(34-43)50-16-9-10-18-53(50)58(54)37-44-25-19-38-33-45-35-56(58)57(44,45)36-38/h1-18,20-24,26-32,34,38,44-45,56H,19,25,33,35-37H2. The highest BCUT2D eigenvalue weighted by atomic mass is 15.1. The molecule has 6 unspecified atom stereocenters. The summed E-state index contributed by atoms with van der Waals surface area (Å²) in [5.41, 5.74) is 18.0. The lowest BCUT2D eigenvalue weighted by Gasteiger charge is -2.56. The zero-order valence-electron chi connectivity index (χ0n) is 33.4. The monoisotopic (exact) mass is 757 g/mol. The molecule has 8 aromatic carbocycles. The van der Waals surface area contributed by atoms with Crippen LogP contribution in [-0.2, 0) is 5.41 Å². The third-order valence-electron chi connectivity index (χ3n) is 16.2. The lowest BCUT2D eigenvalue weighted by atomic mass is 9.47. The Morgan fingerprint density at radius 2 is 1.00 bits per heavy atom. The Hall–Kier alpha value is -6.18. The van der Waals surface area contributed by atoms with Crippen LogP contribution in [0.3, 0.4) is 0 Å². The van der Waals surface area contributed by atoms with Crippen molar-refractivity contribution in [3.63, 3.8) is 0 Å². The summed E-state index contributed by atoms with van der Waals surface area (Å²) in [6.45, 7) is 0. The van der Waals surface area contributed by atoms with E-state index in [1.54, 1.807) is 11.1 Å². The molecule has 6 atom stereocenters. The van der Waals surface area contributed by atoms with Crippen LogP contribution in [0.25, 0.3) is 55.3 Å². The second-order valence-electron chi connectivity index (χ2n) is 18.5. The minimum Gasteiger partial charge on any atom is -0.310 e. The molecular weight excluding hydrogens is 711 g/mol. The van der Waals surface area contributed by atoms with Gasteiger partial charge in [0.1, 0.15) is 0 Å². The van der Waals surface area contributed by atoms with Crippen molar-refractivity contribution in [2.24, 2.45) is 29.1 Å². The van der Waals surface area contributed by atoms with Gasteiger partial charge in [0.15, 0.2) is 0 Å². The van der Waals surface area contributed by atoms with Crippen LogP contribution in [0, 0.1) is 29.1 Å². The van der Waals surface area contributed by atoms with E-state index in [4.69, 9.17) is 0 Å². The number of anilines is 3. The Bertz CT molecular complexity index is 2830. The number of nitrogens with zero attached hydrogens (tertiary/aromatic N) is 1. The van der Waals surface area contributed by atoms with Crippen molar-refractivity contribution in [3.05, 3.63) is 199 Å². The Morgan fingerprint density at radius 1 is 0.407 bits per heavy atom. The normalized spacial score (nSPS) is 25.4. The quantitative estimate of drug-likeness (QED) is 0.163. The molecular formula is C58H47N. The van der Waals surface area contributed by atoms with Gasteiger partial charge in [0.2, 0.25) is 0 Å². The number of fused-ring (bicyclic) bond motifs is 8. The van der Waals surface area contributed by atoms with Gasteiger partial charge in [-0.15, -0.1) is 0 Å². The first-order chi connectivity index (χ1) is 29.2. The van der Waals surface area contributed by atoms with Crippen molar-refractivity contribution >= 4 is 27.8 Å². The molecule has 5 aliphatic rings. The number of benzene rings is 8. The van der Waals surface area contributed by atoms with Gasteiger partial charge in [0.25, 0.3) is 0 Å². The van der Waals surface area contributed by atoms with Crippen LogP contribution >= 0.6 is 0 Å². The Kier molecular flexibility index (Phi) is 7.24. The maximum absolute atomic E-state index is 2.58. The molecule has 0 N–H and O–H groups in total. The van der Waals surface area contributed by atoms with Crippen molar-refractivity contribution < 1.29 is 0 Å². The highest BCUT2D eigenvalue weighted by molar-refractivity contribution is 6.07. The summed E-state index contributed by atoms with van der Waals surface area (Å²) in [6.07, 6.45) is 8.74. The van der Waals surface area contributed by atoms with Gasteiger partial charge in [0, 0.05) is 22.2 Å². The predicted molar refractivity (Wildman–Crippen MR) is 245 cm³/mol. The van der Waals surface area contributed by atoms with Gasteiger partial charge in [-0.2, -0.15) is 0 Å². The molecule has 1 heteroatoms. The molecule has 0 saturated heterocycles. The molecule has 0 aromatic heterocycles. The molecule has 8 aromatic rings. The fourth-order valence-corrected chi connectivity index (χ4v) is 13.8. The Labute approximate surface area is 348 Å². The summed E-state index contributed by atoms with van der Waals surface area (Å²) in [4.78, 5) is 2.44. The van der Waals surface area contributed by atoms with Crippen LogP contribution in [0.15, 0.2) is 188 Å². The molecule has 4 saturated carbocycles. The lowest BCUT2D eigenvalue weighted by molar-refractivity contribution is -0.0593. The minimum atomic E-state index is 0.184. The maximum atomic E-state index is 2.58. The minimum absolute atomic E-state index is 0.184. The summed E-state index contributed by atoms with van der Waals surface area (Å²) >= 11 is 0. The first kappa shape index (κ1) is 33.8. The summed E-state index contributed by atoms with van der Waals surface area (Å²) in [5.74, 6) is 3.67. The largest absolute Gasteiger partial charge is 0.310 e. The zero-order chi connectivity index (χ0) is 38.7. The van der Waals surface area contributed by atoms with E-state index >= 15 is 0 Å². The number of hydrogen-bond donors (Lipinski definition) is 0. The van der Waals surface area contributed by atoms with Crippen LogP contribution < -0.4 is 4.90 Å². The number of hydrogen-bond acceptors (Lipinski definition) is 1. The molecule has 0 amide bonds. The molecule has 0 radical (unpaired) electrons. The van der Waals surface area contributed by atoms with Crippen LogP contribution in [0.1, 0.15) is 49.7 Å². The third-order valence-corrected chi connectivity index (χ3v) is 16.2. The molecule has 13 rings (SSSR count). The first-order valence-corrected chi connectivity index (χ1v) is 22.1. The summed E-state index contributed by atoms with van der Waals surface area (Å²) in [7, 11) is 0. The van der Waals surface area contributed by atoms with E-state index in [1.807, 2.05) is 0 Å². The average molecular weight is 758 g/mol. The van der Waals surface area contributed by atoms with Crippen LogP contribution in [0.5, 0.6) is 0 Å². The zero-order valence-corrected chi connectivity index (χ0v) is 33.4. The summed E-state index contributed by atoms with van der Waals surface area (Å²) in [6, 6.07) is 70.5. The molecule has 4 fully saturated rings. The van der Waals surface area contributed by atoms with Gasteiger partial charge in [-0.3, -0.25) is 0 Å². The molecule has 0 heterocycles. The third kappa shape index (κ3) is 4.73. The van der Waals surface area contributed by atoms with Gasteiger partial charge in [-0.1, -0.05) is 158 Å². The van der Waals surface area contributed by atoms with E-state index in [-0.39, 0.29) is 5.41 Å². The Balaban J connectivity index is 0.936. The average Bonchev–Trinajstić information content (AvgIpc) is 3.80. The lowest BCUT2D eigenvalue weighted by Crippen LogP contribution is -2.51. The maximum Gasteiger partial charge on any atom is 0.0540 e. The topological polar surface area (TPSA) is 3.24 Å². The molecule has 2 bridgehead atoms. The highest BCUT2D eigenvalue weighted by Crippen LogP contribution is 2.82. The van der Waals surface area contributed by atoms with Gasteiger partial charge in [0.05, 0.1) is 5.69 Å². The summed E-state index contributed by atoms with van der Waals surface area (Å²) < 4.78 is 0. The van der Waals surface area contributed by atoms with Gasteiger partial charge in [-0.05, 0) is 159 Å². The highest BCUT2D eigenvalue weighted by Gasteiger charge is 2.75. The summed E-state index contributed by atoms with van der Waals surface area (Å²) in [5, 5.41) is 2.53. The Morgan fingerprint density at radius 3 is 1.71 bits per heavy atom. The predicted octanol–water partition coefficient (Wildman–Crippen LogP) is 15.4. The van der Waals surface area contributed by atoms with E-state index in [0.29, 0.717) is 5.41 Å². The second kappa shape index (κ2) is 12.7. The fourth-order valence-electron chi connectivity index (χ4n) is 13.8. The number of rotatable bonds is 6. The molecule has 1 nitrogen and oxygen atoms in total. The second-order valence-corrected chi connectivity index (χ2v) is 18.5. The van der Waals surface area contributed by atoms with Crippen molar-refractivity contribution in [2.75, 3.05) is 4.90 Å². The van der Waals surface area contributed by atoms with Crippen molar-refractivity contribution in [2.45, 2.75) is 43.9 Å². The van der Waals surface area contributed by atoms with Crippen LogP contribution in [0.2, 0.25) is 0 Å². The fraction of sp³-hybridized carbons (Fsp3) is 0.207. The van der Waals surface area contributed by atoms with E-state index in [9.17, 15) is 0 Å². The van der Waals surface area contributed by atoms with Crippen molar-refractivity contribution in [1.82, 2.24) is 0 Å². The molecule has 2 spiro atoms. The molecule has 59 heavy (non-hydrogen) atoms. The van der Waals surface area contributed by atoms with E-state index in [0.717, 1.165) is 35.0 Å². The van der Waals surface area contributed by atoms with Crippen molar-refractivity contribution in [1.29, 1.82) is 0 Å². The molecule has 284 valence electrons. The van der Waals surface area contributed by atoms with Gasteiger partial charge in [-0.25, -0.2) is 0 Å². The van der Waals surface area contributed by atoms with Gasteiger partial charge >= 0.3 is 0 Å². The first-order valence-electron chi connectivity index (χ1n) is 22.1. The smallest absolute Gasteiger partial charge is 0.0540 e. The van der Waals surface area contributed by atoms with E-state index < -0.39 is 0 Å². The van der Waals surface area contributed by atoms with Crippen LogP contribution in [-0.4, -0.2) is 0 Å². The van der Waals surface area contributed by atoms with Crippen LogP contribution in [0.4, 0.5) is 17.1 Å². The SMILES string of the molecule is c1ccc(-c2ccc(N(c3ccc(-c4ccccc4)cc3)c3ccc(-c4ccc5c(c4)-c4ccccc4C54CC5CCC6CC7CC4C75C6)c4ccccc34)cc2)cc1. The van der Waals surface area contributed by atoms with Crippen molar-refractivity contribution in [3.8, 4) is 44.5 Å². The van der Waals surface area contributed by atoms with E-state index in [2.05, 4.69) is 193 Å².